The number of ether oxygens (including phenoxy) is 1. The van der Waals surface area contributed by atoms with Gasteiger partial charge in [0.05, 0.1) is 0 Å². The predicted octanol–water partition coefficient (Wildman–Crippen LogP) is 1.28. The van der Waals surface area contributed by atoms with Gasteiger partial charge in [0.15, 0.2) is 12.4 Å². The number of benzene rings is 1. The van der Waals surface area contributed by atoms with Crippen molar-refractivity contribution in [3.8, 4) is 0 Å². The Hall–Kier alpha value is -2.59. The zero-order chi connectivity index (χ0) is 19.8. The van der Waals surface area contributed by atoms with E-state index in [4.69, 9.17) is 27.8 Å². The molecule has 0 saturated heterocycles. The molecule has 1 aromatic carbocycles. The van der Waals surface area contributed by atoms with Crippen molar-refractivity contribution < 1.29 is 14.3 Å². The van der Waals surface area contributed by atoms with Crippen LogP contribution in [-0.2, 0) is 16.1 Å². The van der Waals surface area contributed by atoms with Crippen molar-refractivity contribution in [3.63, 3.8) is 0 Å². The molecule has 0 saturated carbocycles. The Labute approximate surface area is 165 Å². The van der Waals surface area contributed by atoms with Crippen molar-refractivity contribution in [2.45, 2.75) is 19.1 Å². The Morgan fingerprint density at radius 2 is 1.81 bits per heavy atom. The third-order valence-electron chi connectivity index (χ3n) is 3.37. The molecule has 1 atom stereocenters. The molecule has 0 bridgehead atoms. The number of anilines is 2. The number of carbonyl (C=O) groups excluding carboxylic acids is 2. The quantitative estimate of drug-likeness (QED) is 0.547. The molecule has 2 aromatic rings. The fourth-order valence-corrected chi connectivity index (χ4v) is 2.68. The molecule has 0 aliphatic carbocycles. The Bertz CT molecular complexity index is 785. The molecular weight excluding hydrogens is 392 g/mol. The van der Waals surface area contributed by atoms with Crippen LogP contribution in [0, 0.1) is 0 Å². The van der Waals surface area contributed by atoms with E-state index in [1.54, 1.807) is 36.0 Å². The van der Waals surface area contributed by atoms with E-state index in [9.17, 15) is 9.59 Å². The van der Waals surface area contributed by atoms with Gasteiger partial charge in [-0.25, -0.2) is 4.79 Å². The number of esters is 1. The lowest BCUT2D eigenvalue weighted by atomic mass is 10.1. The molecular formula is C16H19ClN6O3S. The second-order valence-corrected chi connectivity index (χ2v) is 6.81. The first-order valence-electron chi connectivity index (χ1n) is 7.87. The van der Waals surface area contributed by atoms with Crippen LogP contribution < -0.4 is 16.8 Å². The van der Waals surface area contributed by atoms with Crippen LogP contribution in [0.5, 0.6) is 0 Å². The van der Waals surface area contributed by atoms with Gasteiger partial charge < -0.3 is 21.5 Å². The molecule has 0 aliphatic heterocycles. The maximum Gasteiger partial charge on any atom is 0.329 e. The Morgan fingerprint density at radius 1 is 1.19 bits per heavy atom. The van der Waals surface area contributed by atoms with Crippen molar-refractivity contribution in [3.05, 3.63) is 40.7 Å². The highest BCUT2D eigenvalue weighted by Gasteiger charge is 2.23. The topological polar surface area (TPSA) is 146 Å². The van der Waals surface area contributed by atoms with E-state index in [2.05, 4.69) is 20.3 Å². The normalized spacial score (nSPS) is 11.6. The van der Waals surface area contributed by atoms with Crippen molar-refractivity contribution in [2.24, 2.45) is 0 Å². The SMILES string of the molecule is CSCC[C@@H](NC(=O)c1ccc(Cl)cc1)C(=O)OCc1nc(N)nc(N)n1. The zero-order valence-corrected chi connectivity index (χ0v) is 16.1. The number of nitrogens with two attached hydrogens (primary N) is 2. The molecule has 2 rings (SSSR count). The van der Waals surface area contributed by atoms with Gasteiger partial charge in [0.25, 0.3) is 5.91 Å². The molecule has 0 radical (unpaired) electrons. The van der Waals surface area contributed by atoms with Gasteiger partial charge in [-0.15, -0.1) is 0 Å². The first-order chi connectivity index (χ1) is 12.9. The molecule has 0 spiro atoms. The first kappa shape index (κ1) is 20.7. The molecule has 5 N–H and O–H groups in total. The first-order valence-corrected chi connectivity index (χ1v) is 9.64. The number of rotatable bonds is 8. The number of aromatic nitrogens is 3. The second-order valence-electron chi connectivity index (χ2n) is 5.39. The Kier molecular flexibility index (Phi) is 7.62. The second kappa shape index (κ2) is 9.93. The molecule has 1 amide bonds. The van der Waals surface area contributed by atoms with E-state index in [1.807, 2.05) is 6.26 Å². The van der Waals surface area contributed by atoms with Crippen LogP contribution in [0.4, 0.5) is 11.9 Å². The summed E-state index contributed by atoms with van der Waals surface area (Å²) in [7, 11) is 0. The molecule has 9 nitrogen and oxygen atoms in total. The summed E-state index contributed by atoms with van der Waals surface area (Å²) in [5.74, 6) is -0.355. The average molecular weight is 411 g/mol. The summed E-state index contributed by atoms with van der Waals surface area (Å²) in [5.41, 5.74) is 11.3. The number of nitrogen functional groups attached to an aromatic ring is 2. The fourth-order valence-electron chi connectivity index (χ4n) is 2.09. The summed E-state index contributed by atoms with van der Waals surface area (Å²) < 4.78 is 5.21. The highest BCUT2D eigenvalue weighted by Crippen LogP contribution is 2.11. The van der Waals surface area contributed by atoms with Crippen molar-refractivity contribution in [2.75, 3.05) is 23.5 Å². The van der Waals surface area contributed by atoms with E-state index in [-0.39, 0.29) is 24.3 Å². The highest BCUT2D eigenvalue weighted by atomic mass is 35.5. The van der Waals surface area contributed by atoms with Gasteiger partial charge in [-0.3, -0.25) is 4.79 Å². The van der Waals surface area contributed by atoms with Gasteiger partial charge in [0.2, 0.25) is 11.9 Å². The third-order valence-corrected chi connectivity index (χ3v) is 4.26. The monoisotopic (exact) mass is 410 g/mol. The summed E-state index contributed by atoms with van der Waals surface area (Å²) in [6.45, 7) is -0.234. The van der Waals surface area contributed by atoms with Crippen LogP contribution >= 0.6 is 23.4 Å². The maximum absolute atomic E-state index is 12.4. The summed E-state index contributed by atoms with van der Waals surface area (Å²) in [4.78, 5) is 36.1. The number of nitrogens with one attached hydrogen (secondary N) is 1. The molecule has 0 aliphatic rings. The van der Waals surface area contributed by atoms with Gasteiger partial charge in [-0.2, -0.15) is 26.7 Å². The van der Waals surface area contributed by atoms with Crippen LogP contribution in [-0.4, -0.2) is 44.9 Å². The predicted molar refractivity (Wildman–Crippen MR) is 104 cm³/mol. The van der Waals surface area contributed by atoms with Crippen LogP contribution in [0.2, 0.25) is 5.02 Å². The van der Waals surface area contributed by atoms with E-state index in [0.717, 1.165) is 0 Å². The van der Waals surface area contributed by atoms with Crippen LogP contribution in [0.3, 0.4) is 0 Å². The molecule has 144 valence electrons. The van der Waals surface area contributed by atoms with Crippen molar-refractivity contribution in [1.82, 2.24) is 20.3 Å². The molecule has 1 aromatic heterocycles. The van der Waals surface area contributed by atoms with E-state index in [0.29, 0.717) is 22.8 Å². The summed E-state index contributed by atoms with van der Waals surface area (Å²) in [6.07, 6.45) is 2.31. The number of hydrogen-bond donors (Lipinski definition) is 3. The van der Waals surface area contributed by atoms with Crippen LogP contribution in [0.15, 0.2) is 24.3 Å². The zero-order valence-electron chi connectivity index (χ0n) is 14.5. The lowest BCUT2D eigenvalue weighted by molar-refractivity contribution is -0.147. The fraction of sp³-hybridized carbons (Fsp3) is 0.312. The number of thioether (sulfide) groups is 1. The highest BCUT2D eigenvalue weighted by molar-refractivity contribution is 7.98. The number of amides is 1. The standard InChI is InChI=1S/C16H19ClN6O3S/c1-27-7-6-11(20-13(24)9-2-4-10(17)5-3-9)14(25)26-8-12-21-15(18)23-16(19)22-12/h2-5,11H,6-8H2,1H3,(H,20,24)(H4,18,19,21,22,23)/t11-/m1/s1. The van der Waals surface area contributed by atoms with Crippen molar-refractivity contribution >= 4 is 47.1 Å². The van der Waals surface area contributed by atoms with Gasteiger partial charge in [0, 0.05) is 10.6 Å². The number of hydrogen-bond acceptors (Lipinski definition) is 9. The van der Waals surface area contributed by atoms with E-state index in [1.165, 1.54) is 0 Å². The minimum absolute atomic E-state index is 0.0662. The number of nitrogens with zero attached hydrogens (tertiary/aromatic N) is 3. The Balaban J connectivity index is 2.01. The van der Waals surface area contributed by atoms with Crippen LogP contribution in [0.25, 0.3) is 0 Å². The molecule has 0 unspecified atom stereocenters. The minimum Gasteiger partial charge on any atom is -0.456 e. The lowest BCUT2D eigenvalue weighted by Gasteiger charge is -2.17. The summed E-state index contributed by atoms with van der Waals surface area (Å²) in [5, 5.41) is 3.19. The third kappa shape index (κ3) is 6.57. The number of halogens is 1. The molecule has 0 fully saturated rings. The molecule has 27 heavy (non-hydrogen) atoms. The number of carbonyl (C=O) groups is 2. The Morgan fingerprint density at radius 3 is 2.41 bits per heavy atom. The van der Waals surface area contributed by atoms with Crippen LogP contribution in [0.1, 0.15) is 22.6 Å². The van der Waals surface area contributed by atoms with Gasteiger partial charge in [-0.05, 0) is 42.7 Å². The maximum atomic E-state index is 12.4. The smallest absolute Gasteiger partial charge is 0.329 e. The minimum atomic E-state index is -0.822. The molecule has 11 heteroatoms. The largest absolute Gasteiger partial charge is 0.456 e. The van der Waals surface area contributed by atoms with Gasteiger partial charge >= 0.3 is 5.97 Å². The lowest BCUT2D eigenvalue weighted by Crippen LogP contribution is -2.42. The summed E-state index contributed by atoms with van der Waals surface area (Å²) >= 11 is 7.37. The average Bonchev–Trinajstić information content (AvgIpc) is 2.62. The van der Waals surface area contributed by atoms with E-state index < -0.39 is 17.9 Å². The van der Waals surface area contributed by atoms with Gasteiger partial charge in [0.1, 0.15) is 6.04 Å². The van der Waals surface area contributed by atoms with E-state index >= 15 is 0 Å². The van der Waals surface area contributed by atoms with Crippen molar-refractivity contribution in [1.29, 1.82) is 0 Å². The van der Waals surface area contributed by atoms with Gasteiger partial charge in [-0.1, -0.05) is 11.6 Å². The summed E-state index contributed by atoms with van der Waals surface area (Å²) in [6, 6.07) is 5.52. The molecule has 1 heterocycles.